The van der Waals surface area contributed by atoms with Crippen molar-refractivity contribution in [3.63, 3.8) is 0 Å². The third-order valence-corrected chi connectivity index (χ3v) is 3.82. The second kappa shape index (κ2) is 8.48. The van der Waals surface area contributed by atoms with Gasteiger partial charge < -0.3 is 15.0 Å². The van der Waals surface area contributed by atoms with Crippen molar-refractivity contribution in [1.29, 1.82) is 0 Å². The molecule has 2 unspecified atom stereocenters. The summed E-state index contributed by atoms with van der Waals surface area (Å²) in [7, 11) is 1.68. The fraction of sp³-hybridized carbons (Fsp3) is 0.929. The molecular weight excluding hydrogens is 228 g/mol. The van der Waals surface area contributed by atoms with Crippen molar-refractivity contribution < 1.29 is 9.53 Å². The molecule has 4 nitrogen and oxygen atoms in total. The van der Waals surface area contributed by atoms with E-state index in [2.05, 4.69) is 19.2 Å². The maximum atomic E-state index is 12.0. The summed E-state index contributed by atoms with van der Waals surface area (Å²) < 4.78 is 4.99. The van der Waals surface area contributed by atoms with Gasteiger partial charge in [-0.2, -0.15) is 0 Å². The Morgan fingerprint density at radius 3 is 2.83 bits per heavy atom. The highest BCUT2D eigenvalue weighted by Crippen LogP contribution is 2.21. The lowest BCUT2D eigenvalue weighted by atomic mass is 9.89. The maximum absolute atomic E-state index is 12.0. The molecule has 106 valence electrons. The van der Waals surface area contributed by atoms with Crippen LogP contribution >= 0.6 is 0 Å². The molecule has 1 amide bonds. The van der Waals surface area contributed by atoms with Gasteiger partial charge in [0.05, 0.1) is 0 Å². The lowest BCUT2D eigenvalue weighted by Crippen LogP contribution is -2.50. The topological polar surface area (TPSA) is 41.6 Å². The van der Waals surface area contributed by atoms with E-state index in [0.29, 0.717) is 30.9 Å². The van der Waals surface area contributed by atoms with E-state index in [1.54, 1.807) is 7.11 Å². The Bertz CT molecular complexity index is 246. The number of likely N-dealkylation sites (tertiary alicyclic amines) is 1. The van der Waals surface area contributed by atoms with E-state index < -0.39 is 0 Å². The van der Waals surface area contributed by atoms with Crippen molar-refractivity contribution in [2.45, 2.75) is 45.6 Å². The van der Waals surface area contributed by atoms with E-state index >= 15 is 0 Å². The number of rotatable bonds is 7. The van der Waals surface area contributed by atoms with Gasteiger partial charge in [0.1, 0.15) is 0 Å². The normalized spacial score (nSPS) is 24.3. The van der Waals surface area contributed by atoms with Crippen LogP contribution < -0.4 is 5.32 Å². The predicted octanol–water partition coefficient (Wildman–Crippen LogP) is 1.65. The SMILES string of the molecule is CCNC1CCN(C(=O)CCCOC)CC1CC. The molecule has 1 aliphatic rings. The fourth-order valence-corrected chi connectivity index (χ4v) is 2.73. The van der Waals surface area contributed by atoms with E-state index in [9.17, 15) is 4.79 Å². The summed E-state index contributed by atoms with van der Waals surface area (Å²) in [6.07, 6.45) is 3.68. The molecule has 0 saturated carbocycles. The fourth-order valence-electron chi connectivity index (χ4n) is 2.73. The minimum atomic E-state index is 0.292. The van der Waals surface area contributed by atoms with Crippen molar-refractivity contribution in [3.05, 3.63) is 0 Å². The van der Waals surface area contributed by atoms with Crippen molar-refractivity contribution in [1.82, 2.24) is 10.2 Å². The van der Waals surface area contributed by atoms with Crippen LogP contribution in [0.3, 0.4) is 0 Å². The number of nitrogens with one attached hydrogen (secondary N) is 1. The molecule has 2 atom stereocenters. The Morgan fingerprint density at radius 1 is 1.44 bits per heavy atom. The number of methoxy groups -OCH3 is 1. The van der Waals surface area contributed by atoms with Gasteiger partial charge in [-0.3, -0.25) is 4.79 Å². The van der Waals surface area contributed by atoms with Crippen molar-refractivity contribution >= 4 is 5.91 Å². The molecular formula is C14H28N2O2. The van der Waals surface area contributed by atoms with Crippen molar-refractivity contribution in [3.8, 4) is 0 Å². The largest absolute Gasteiger partial charge is 0.385 e. The van der Waals surface area contributed by atoms with Crippen LogP contribution in [-0.4, -0.2) is 50.2 Å². The first kappa shape index (κ1) is 15.4. The average molecular weight is 256 g/mol. The Morgan fingerprint density at radius 2 is 2.22 bits per heavy atom. The highest BCUT2D eigenvalue weighted by molar-refractivity contribution is 5.76. The first-order chi connectivity index (χ1) is 8.72. The summed E-state index contributed by atoms with van der Waals surface area (Å²) in [6, 6.07) is 0.586. The minimum absolute atomic E-state index is 0.292. The highest BCUT2D eigenvalue weighted by Gasteiger charge is 2.29. The molecule has 1 fully saturated rings. The van der Waals surface area contributed by atoms with Crippen LogP contribution in [0.15, 0.2) is 0 Å². The molecule has 1 aliphatic heterocycles. The van der Waals surface area contributed by atoms with E-state index in [4.69, 9.17) is 4.74 Å². The molecule has 0 spiro atoms. The minimum Gasteiger partial charge on any atom is -0.385 e. The molecule has 0 aromatic carbocycles. The summed E-state index contributed by atoms with van der Waals surface area (Å²) in [6.45, 7) is 7.88. The Hall–Kier alpha value is -0.610. The molecule has 1 N–H and O–H groups in total. The summed E-state index contributed by atoms with van der Waals surface area (Å²) in [5.74, 6) is 0.894. The standard InChI is InChI=1S/C14H28N2O2/c1-4-12-11-16(9-8-13(12)15-5-2)14(17)7-6-10-18-3/h12-13,15H,4-11H2,1-3H3. The third kappa shape index (κ3) is 4.58. The lowest BCUT2D eigenvalue weighted by Gasteiger charge is -2.38. The summed E-state index contributed by atoms with van der Waals surface area (Å²) >= 11 is 0. The van der Waals surface area contributed by atoms with Crippen LogP contribution in [0.4, 0.5) is 0 Å². The number of ether oxygens (including phenoxy) is 1. The second-order valence-electron chi connectivity index (χ2n) is 5.06. The first-order valence-corrected chi connectivity index (χ1v) is 7.23. The number of amides is 1. The number of carbonyl (C=O) groups excluding carboxylic acids is 1. The third-order valence-electron chi connectivity index (χ3n) is 3.82. The van der Waals surface area contributed by atoms with Gasteiger partial charge >= 0.3 is 0 Å². The van der Waals surface area contributed by atoms with Crippen LogP contribution in [0.1, 0.15) is 39.5 Å². The van der Waals surface area contributed by atoms with Crippen LogP contribution in [-0.2, 0) is 9.53 Å². The average Bonchev–Trinajstić information content (AvgIpc) is 2.39. The Kier molecular flexibility index (Phi) is 7.28. The molecule has 1 saturated heterocycles. The molecule has 0 aliphatic carbocycles. The van der Waals surface area contributed by atoms with E-state index in [-0.39, 0.29) is 0 Å². The van der Waals surface area contributed by atoms with Crippen LogP contribution in [0.25, 0.3) is 0 Å². The molecule has 18 heavy (non-hydrogen) atoms. The zero-order valence-electron chi connectivity index (χ0n) is 12.1. The van der Waals surface area contributed by atoms with Crippen LogP contribution in [0.5, 0.6) is 0 Å². The number of hydrogen-bond acceptors (Lipinski definition) is 3. The Balaban J connectivity index is 2.38. The van der Waals surface area contributed by atoms with Gasteiger partial charge in [-0.1, -0.05) is 20.3 Å². The van der Waals surface area contributed by atoms with Gasteiger partial charge in [-0.15, -0.1) is 0 Å². The number of hydrogen-bond donors (Lipinski definition) is 1. The summed E-state index contributed by atoms with van der Waals surface area (Å²) in [5, 5.41) is 3.54. The predicted molar refractivity (Wildman–Crippen MR) is 73.6 cm³/mol. The zero-order valence-corrected chi connectivity index (χ0v) is 12.1. The van der Waals surface area contributed by atoms with Gasteiger partial charge in [-0.05, 0) is 25.3 Å². The van der Waals surface area contributed by atoms with Gasteiger partial charge in [-0.25, -0.2) is 0 Å². The van der Waals surface area contributed by atoms with Gasteiger partial charge in [0.15, 0.2) is 0 Å². The second-order valence-corrected chi connectivity index (χ2v) is 5.06. The molecule has 1 heterocycles. The van der Waals surface area contributed by atoms with E-state index in [1.807, 2.05) is 4.90 Å². The molecule has 0 radical (unpaired) electrons. The number of piperidine rings is 1. The molecule has 0 aromatic rings. The highest BCUT2D eigenvalue weighted by atomic mass is 16.5. The monoisotopic (exact) mass is 256 g/mol. The number of carbonyl (C=O) groups is 1. The Labute approximate surface area is 111 Å². The van der Waals surface area contributed by atoms with Crippen molar-refractivity contribution in [2.24, 2.45) is 5.92 Å². The van der Waals surface area contributed by atoms with Gasteiger partial charge in [0, 0.05) is 39.3 Å². The maximum Gasteiger partial charge on any atom is 0.222 e. The van der Waals surface area contributed by atoms with Crippen LogP contribution in [0.2, 0.25) is 0 Å². The smallest absolute Gasteiger partial charge is 0.222 e. The first-order valence-electron chi connectivity index (χ1n) is 7.23. The molecule has 4 heteroatoms. The zero-order chi connectivity index (χ0) is 13.4. The van der Waals surface area contributed by atoms with E-state index in [0.717, 1.165) is 38.9 Å². The van der Waals surface area contributed by atoms with Gasteiger partial charge in [0.25, 0.3) is 0 Å². The van der Waals surface area contributed by atoms with Crippen LogP contribution in [0, 0.1) is 5.92 Å². The quantitative estimate of drug-likeness (QED) is 0.704. The van der Waals surface area contributed by atoms with Gasteiger partial charge in [0.2, 0.25) is 5.91 Å². The van der Waals surface area contributed by atoms with Crippen molar-refractivity contribution in [2.75, 3.05) is 33.4 Å². The molecule has 0 bridgehead atoms. The molecule has 1 rings (SSSR count). The summed E-state index contributed by atoms with van der Waals surface area (Å²) in [5.41, 5.74) is 0. The number of nitrogens with zero attached hydrogens (tertiary/aromatic N) is 1. The van der Waals surface area contributed by atoms with E-state index in [1.165, 1.54) is 0 Å². The molecule has 0 aromatic heterocycles. The summed E-state index contributed by atoms with van der Waals surface area (Å²) in [4.78, 5) is 14.1. The lowest BCUT2D eigenvalue weighted by molar-refractivity contribution is -0.133.